The molecule has 0 atom stereocenters. The van der Waals surface area contributed by atoms with E-state index in [-0.39, 0.29) is 17.3 Å². The van der Waals surface area contributed by atoms with Crippen LogP contribution in [0.4, 0.5) is 5.82 Å². The summed E-state index contributed by atoms with van der Waals surface area (Å²) in [5, 5.41) is 19.4. The third kappa shape index (κ3) is 4.48. The zero-order chi connectivity index (χ0) is 21.8. The standard InChI is InChI=1S/C19H18N8O3S/c1-11-5-7-13(8-6-11)31-10-14-16(22-26-27(14)18-17(20)24-30-25-18)19(28)23-21-12(2)15-4-3-9-29-15/h3-9H,10H2,1-2H3,(H2,20,24)(H,23,28)/b21-12-. The number of carbonyl (C=O) groups is 1. The molecule has 0 aliphatic rings. The number of aryl methyl sites for hydroxylation is 1. The summed E-state index contributed by atoms with van der Waals surface area (Å²) in [5.41, 5.74) is 10.5. The Hall–Kier alpha value is -3.93. The summed E-state index contributed by atoms with van der Waals surface area (Å²) < 4.78 is 11.3. The molecule has 1 aromatic carbocycles. The molecular formula is C19H18N8O3S. The van der Waals surface area contributed by atoms with Gasteiger partial charge in [-0.05, 0) is 48.4 Å². The first-order valence-corrected chi connectivity index (χ1v) is 10.1. The van der Waals surface area contributed by atoms with Gasteiger partial charge in [-0.15, -0.1) is 16.9 Å². The predicted octanol–water partition coefficient (Wildman–Crippen LogP) is 2.58. The molecular weight excluding hydrogens is 420 g/mol. The van der Waals surface area contributed by atoms with Crippen molar-refractivity contribution in [1.29, 1.82) is 0 Å². The number of furan rings is 1. The van der Waals surface area contributed by atoms with Crippen LogP contribution < -0.4 is 11.2 Å². The molecule has 0 bridgehead atoms. The maximum atomic E-state index is 12.8. The number of amides is 1. The fraction of sp³-hybridized carbons (Fsp3) is 0.158. The number of carbonyl (C=O) groups excluding carboxylic acids is 1. The van der Waals surface area contributed by atoms with Crippen LogP contribution in [-0.2, 0) is 5.75 Å². The Bertz CT molecular complexity index is 1210. The number of aromatic nitrogens is 5. The van der Waals surface area contributed by atoms with E-state index in [0.29, 0.717) is 22.9 Å². The molecule has 11 nitrogen and oxygen atoms in total. The lowest BCUT2D eigenvalue weighted by atomic mass is 10.2. The van der Waals surface area contributed by atoms with Gasteiger partial charge in [0.05, 0.1) is 12.0 Å². The van der Waals surface area contributed by atoms with Gasteiger partial charge in [0.15, 0.2) is 5.69 Å². The second-order valence-corrected chi connectivity index (χ2v) is 7.54. The van der Waals surface area contributed by atoms with Crippen LogP contribution in [-0.4, -0.2) is 36.9 Å². The van der Waals surface area contributed by atoms with Gasteiger partial charge in [-0.25, -0.2) is 10.1 Å². The number of benzene rings is 1. The molecule has 4 rings (SSSR count). The molecule has 3 heterocycles. The van der Waals surface area contributed by atoms with Crippen molar-refractivity contribution >= 4 is 29.2 Å². The third-order valence-electron chi connectivity index (χ3n) is 4.27. The van der Waals surface area contributed by atoms with Crippen LogP contribution in [0, 0.1) is 6.92 Å². The highest BCUT2D eigenvalue weighted by molar-refractivity contribution is 7.98. The molecule has 0 unspecified atom stereocenters. The van der Waals surface area contributed by atoms with Gasteiger partial charge in [-0.1, -0.05) is 22.9 Å². The number of nitrogens with two attached hydrogens (primary N) is 1. The Morgan fingerprint density at radius 2 is 2.06 bits per heavy atom. The van der Waals surface area contributed by atoms with Crippen LogP contribution >= 0.6 is 11.8 Å². The topological polar surface area (TPSA) is 150 Å². The van der Waals surface area contributed by atoms with E-state index < -0.39 is 5.91 Å². The van der Waals surface area contributed by atoms with E-state index >= 15 is 0 Å². The summed E-state index contributed by atoms with van der Waals surface area (Å²) >= 11 is 1.51. The number of nitrogens with one attached hydrogen (secondary N) is 1. The van der Waals surface area contributed by atoms with Crippen LogP contribution in [0.15, 0.2) is 61.7 Å². The molecule has 0 saturated carbocycles. The van der Waals surface area contributed by atoms with Crippen LogP contribution in [0.1, 0.15) is 34.4 Å². The van der Waals surface area contributed by atoms with Gasteiger partial charge in [0.2, 0.25) is 11.6 Å². The van der Waals surface area contributed by atoms with E-state index in [1.165, 1.54) is 22.7 Å². The highest BCUT2D eigenvalue weighted by atomic mass is 32.2. The average Bonchev–Trinajstić information content (AvgIpc) is 3.52. The summed E-state index contributed by atoms with van der Waals surface area (Å²) in [7, 11) is 0. The molecule has 12 heteroatoms. The first-order chi connectivity index (χ1) is 15.0. The molecule has 158 valence electrons. The third-order valence-corrected chi connectivity index (χ3v) is 5.30. The summed E-state index contributed by atoms with van der Waals surface area (Å²) in [4.78, 5) is 13.8. The van der Waals surface area contributed by atoms with Crippen molar-refractivity contribution < 1.29 is 13.8 Å². The van der Waals surface area contributed by atoms with Crippen molar-refractivity contribution in [3.8, 4) is 5.82 Å². The van der Waals surface area contributed by atoms with Gasteiger partial charge in [-0.3, -0.25) is 4.79 Å². The number of hydrogen-bond donors (Lipinski definition) is 2. The van der Waals surface area contributed by atoms with Crippen LogP contribution in [0.5, 0.6) is 0 Å². The van der Waals surface area contributed by atoms with Crippen LogP contribution in [0.3, 0.4) is 0 Å². The number of hydrazone groups is 1. The van der Waals surface area contributed by atoms with Crippen molar-refractivity contribution in [1.82, 2.24) is 30.7 Å². The highest BCUT2D eigenvalue weighted by Crippen LogP contribution is 2.26. The molecule has 0 radical (unpaired) electrons. The second kappa shape index (κ2) is 8.83. The quantitative estimate of drug-likeness (QED) is 0.252. The monoisotopic (exact) mass is 438 g/mol. The minimum atomic E-state index is -0.535. The first-order valence-electron chi connectivity index (χ1n) is 9.14. The second-order valence-electron chi connectivity index (χ2n) is 6.49. The predicted molar refractivity (Wildman–Crippen MR) is 113 cm³/mol. The van der Waals surface area contributed by atoms with E-state index in [9.17, 15) is 4.79 Å². The van der Waals surface area contributed by atoms with Crippen LogP contribution in [0.25, 0.3) is 5.82 Å². The number of anilines is 1. The normalized spacial score (nSPS) is 11.6. The molecule has 4 aromatic rings. The van der Waals surface area contributed by atoms with Gasteiger partial charge in [-0.2, -0.15) is 9.78 Å². The Balaban J connectivity index is 1.61. The van der Waals surface area contributed by atoms with E-state index in [2.05, 4.69) is 35.8 Å². The minimum absolute atomic E-state index is 0.0325. The highest BCUT2D eigenvalue weighted by Gasteiger charge is 2.24. The van der Waals surface area contributed by atoms with E-state index in [0.717, 1.165) is 10.5 Å². The van der Waals surface area contributed by atoms with Gasteiger partial charge < -0.3 is 10.2 Å². The smallest absolute Gasteiger partial charge is 0.293 e. The van der Waals surface area contributed by atoms with Crippen molar-refractivity contribution in [3.05, 3.63) is 65.4 Å². The summed E-state index contributed by atoms with van der Waals surface area (Å²) in [6.07, 6.45) is 1.53. The summed E-state index contributed by atoms with van der Waals surface area (Å²) in [5.74, 6) is 0.560. The zero-order valence-electron chi connectivity index (χ0n) is 16.6. The number of nitrogen functional groups attached to an aromatic ring is 1. The number of rotatable bonds is 7. The Morgan fingerprint density at radius 1 is 1.26 bits per heavy atom. The summed E-state index contributed by atoms with van der Waals surface area (Å²) in [6.45, 7) is 3.73. The fourth-order valence-corrected chi connectivity index (χ4v) is 3.52. The van der Waals surface area contributed by atoms with Crippen molar-refractivity contribution in [3.63, 3.8) is 0 Å². The van der Waals surface area contributed by atoms with Gasteiger partial charge in [0.1, 0.15) is 11.5 Å². The van der Waals surface area contributed by atoms with E-state index in [1.807, 2.05) is 31.2 Å². The Morgan fingerprint density at radius 3 is 2.74 bits per heavy atom. The molecule has 1 amide bonds. The SMILES string of the molecule is C/C(=N/NC(=O)c1nnn(-c2nonc2N)c1CSc1ccc(C)cc1)c1ccco1. The van der Waals surface area contributed by atoms with Crippen LogP contribution in [0.2, 0.25) is 0 Å². The lowest BCUT2D eigenvalue weighted by Crippen LogP contribution is -2.21. The van der Waals surface area contributed by atoms with Crippen molar-refractivity contribution in [2.75, 3.05) is 5.73 Å². The summed E-state index contributed by atoms with van der Waals surface area (Å²) in [6, 6.07) is 11.5. The Kier molecular flexibility index (Phi) is 5.80. The van der Waals surface area contributed by atoms with E-state index in [4.69, 9.17) is 10.2 Å². The maximum Gasteiger partial charge on any atom is 0.293 e. The van der Waals surface area contributed by atoms with Gasteiger partial charge >= 0.3 is 0 Å². The largest absolute Gasteiger partial charge is 0.463 e. The zero-order valence-corrected chi connectivity index (χ0v) is 17.5. The molecule has 0 saturated heterocycles. The van der Waals surface area contributed by atoms with Crippen molar-refractivity contribution in [2.24, 2.45) is 5.10 Å². The first kappa shape index (κ1) is 20.3. The average molecular weight is 438 g/mol. The van der Waals surface area contributed by atoms with Crippen molar-refractivity contribution in [2.45, 2.75) is 24.5 Å². The molecule has 0 spiro atoms. The fourth-order valence-electron chi connectivity index (χ4n) is 2.63. The minimum Gasteiger partial charge on any atom is -0.463 e. The lowest BCUT2D eigenvalue weighted by molar-refractivity contribution is 0.0949. The molecule has 0 aliphatic heterocycles. The molecule has 0 fully saturated rings. The number of hydrogen-bond acceptors (Lipinski definition) is 10. The van der Waals surface area contributed by atoms with E-state index in [1.54, 1.807) is 19.1 Å². The molecule has 3 N–H and O–H groups in total. The molecule has 0 aliphatic carbocycles. The Labute approximate surface area is 180 Å². The number of nitrogens with zero attached hydrogens (tertiary/aromatic N) is 6. The van der Waals surface area contributed by atoms with Gasteiger partial charge in [0.25, 0.3) is 5.91 Å². The molecule has 31 heavy (non-hydrogen) atoms. The lowest BCUT2D eigenvalue weighted by Gasteiger charge is -2.06. The number of thioether (sulfide) groups is 1. The van der Waals surface area contributed by atoms with Gasteiger partial charge in [0, 0.05) is 10.6 Å². The maximum absolute atomic E-state index is 12.8. The molecule has 3 aromatic heterocycles.